The predicted molar refractivity (Wildman–Crippen MR) is 120 cm³/mol. The average molecular weight is 482 g/mol. The summed E-state index contributed by atoms with van der Waals surface area (Å²) in [6.07, 6.45) is 0. The van der Waals surface area contributed by atoms with Crippen LogP contribution in [0.15, 0.2) is 53.5 Å². The molecule has 27 heavy (non-hydrogen) atoms. The molecule has 0 radical (unpaired) electrons. The molecule has 0 bridgehead atoms. The molecule has 0 aliphatic rings. The number of carbonyl (C=O) groups is 1. The second-order valence-electron chi connectivity index (χ2n) is 5.82. The van der Waals surface area contributed by atoms with Gasteiger partial charge in [-0.2, -0.15) is 0 Å². The molecule has 0 saturated carbocycles. The summed E-state index contributed by atoms with van der Waals surface area (Å²) in [6, 6.07) is 14.6. The summed E-state index contributed by atoms with van der Waals surface area (Å²) in [6.45, 7) is 6.36. The minimum Gasteiger partial charge on any atom is -0.507 e. The van der Waals surface area contributed by atoms with Crippen molar-refractivity contribution in [3.05, 3.63) is 65.2 Å². The smallest absolute Gasteiger partial charge is 0.255 e. The maximum Gasteiger partial charge on any atom is 0.255 e. The summed E-state index contributed by atoms with van der Waals surface area (Å²) < 4.78 is 0. The number of aromatic hydroxyl groups is 1. The summed E-state index contributed by atoms with van der Waals surface area (Å²) in [7, 11) is 0. The molecule has 0 fully saturated rings. The second kappa shape index (κ2) is 12.2. The largest absolute Gasteiger partial charge is 0.507 e. The number of guanidine groups is 1. The van der Waals surface area contributed by atoms with Crippen molar-refractivity contribution >= 4 is 35.8 Å². The van der Waals surface area contributed by atoms with E-state index in [2.05, 4.69) is 40.0 Å². The number of hydrogen-bond donors (Lipinski definition) is 4. The van der Waals surface area contributed by atoms with Crippen molar-refractivity contribution in [2.45, 2.75) is 20.4 Å². The van der Waals surface area contributed by atoms with Gasteiger partial charge in [0, 0.05) is 19.6 Å². The molecule has 2 aromatic carbocycles. The van der Waals surface area contributed by atoms with Crippen LogP contribution < -0.4 is 16.0 Å². The number of aryl methyl sites for hydroxylation is 1. The van der Waals surface area contributed by atoms with Crippen molar-refractivity contribution in [3.8, 4) is 5.75 Å². The maximum atomic E-state index is 12.0. The minimum absolute atomic E-state index is 0. The Kier molecular flexibility index (Phi) is 10.2. The zero-order valence-corrected chi connectivity index (χ0v) is 18.0. The lowest BCUT2D eigenvalue weighted by atomic mass is 10.1. The Balaban J connectivity index is 0.00000364. The fourth-order valence-electron chi connectivity index (χ4n) is 2.41. The number of aliphatic imine (C=N–C) groups is 1. The van der Waals surface area contributed by atoms with Gasteiger partial charge in [0.2, 0.25) is 0 Å². The first-order valence-electron chi connectivity index (χ1n) is 8.74. The SMILES string of the molecule is CCNC(=NCc1ccccc1C)NCCNC(=O)c1ccccc1O.I. The van der Waals surface area contributed by atoms with Crippen LogP contribution in [-0.2, 0) is 6.54 Å². The van der Waals surface area contributed by atoms with E-state index < -0.39 is 0 Å². The van der Waals surface area contributed by atoms with Crippen LogP contribution in [0.3, 0.4) is 0 Å². The molecule has 0 atom stereocenters. The molecule has 2 aromatic rings. The second-order valence-corrected chi connectivity index (χ2v) is 5.82. The highest BCUT2D eigenvalue weighted by Crippen LogP contribution is 2.14. The number of carbonyl (C=O) groups excluding carboxylic acids is 1. The standard InChI is InChI=1S/C20H26N4O2.HI/c1-3-21-20(24-14-16-9-5-4-8-15(16)2)23-13-12-22-19(26)17-10-6-7-11-18(17)25;/h4-11,25H,3,12-14H2,1-2H3,(H,22,26)(H2,21,23,24);1H. The topological polar surface area (TPSA) is 85.8 Å². The summed E-state index contributed by atoms with van der Waals surface area (Å²) >= 11 is 0. The van der Waals surface area contributed by atoms with Gasteiger partial charge in [-0.15, -0.1) is 24.0 Å². The van der Waals surface area contributed by atoms with Crippen LogP contribution in [0.4, 0.5) is 0 Å². The molecule has 0 saturated heterocycles. The lowest BCUT2D eigenvalue weighted by molar-refractivity contribution is 0.0951. The number of halogens is 1. The molecule has 0 heterocycles. The number of phenols is 1. The van der Waals surface area contributed by atoms with E-state index in [4.69, 9.17) is 0 Å². The van der Waals surface area contributed by atoms with Gasteiger partial charge < -0.3 is 21.1 Å². The van der Waals surface area contributed by atoms with Crippen LogP contribution in [0.1, 0.15) is 28.4 Å². The first-order valence-corrected chi connectivity index (χ1v) is 8.74. The summed E-state index contributed by atoms with van der Waals surface area (Å²) in [5, 5.41) is 18.8. The van der Waals surface area contributed by atoms with Crippen LogP contribution in [0.25, 0.3) is 0 Å². The highest BCUT2D eigenvalue weighted by molar-refractivity contribution is 14.0. The molecule has 4 N–H and O–H groups in total. The molecule has 0 unspecified atom stereocenters. The monoisotopic (exact) mass is 482 g/mol. The van der Waals surface area contributed by atoms with E-state index in [1.807, 2.05) is 19.1 Å². The van der Waals surface area contributed by atoms with Crippen LogP contribution >= 0.6 is 24.0 Å². The highest BCUT2D eigenvalue weighted by Gasteiger charge is 2.09. The maximum absolute atomic E-state index is 12.0. The normalized spacial score (nSPS) is 10.7. The molecule has 2 rings (SSSR count). The third-order valence-corrected chi connectivity index (χ3v) is 3.86. The van der Waals surface area contributed by atoms with Gasteiger partial charge in [-0.1, -0.05) is 36.4 Å². The van der Waals surface area contributed by atoms with E-state index in [9.17, 15) is 9.90 Å². The van der Waals surface area contributed by atoms with E-state index in [1.54, 1.807) is 18.2 Å². The fraction of sp³-hybridized carbons (Fsp3) is 0.300. The van der Waals surface area contributed by atoms with Crippen molar-refractivity contribution in [1.29, 1.82) is 0 Å². The van der Waals surface area contributed by atoms with Crippen molar-refractivity contribution < 1.29 is 9.90 Å². The molecular weight excluding hydrogens is 455 g/mol. The number of hydrogen-bond acceptors (Lipinski definition) is 3. The zero-order valence-electron chi connectivity index (χ0n) is 15.7. The lowest BCUT2D eigenvalue weighted by Crippen LogP contribution is -2.41. The van der Waals surface area contributed by atoms with Crippen molar-refractivity contribution in [1.82, 2.24) is 16.0 Å². The lowest BCUT2D eigenvalue weighted by Gasteiger charge is -2.12. The van der Waals surface area contributed by atoms with Gasteiger partial charge >= 0.3 is 0 Å². The van der Waals surface area contributed by atoms with E-state index in [0.29, 0.717) is 25.6 Å². The van der Waals surface area contributed by atoms with Crippen LogP contribution in [0.2, 0.25) is 0 Å². The molecule has 0 aromatic heterocycles. The summed E-state index contributed by atoms with van der Waals surface area (Å²) in [4.78, 5) is 16.6. The van der Waals surface area contributed by atoms with Gasteiger partial charge in [-0.05, 0) is 37.1 Å². The third kappa shape index (κ3) is 7.46. The number of para-hydroxylation sites is 1. The van der Waals surface area contributed by atoms with E-state index in [1.165, 1.54) is 17.2 Å². The molecule has 0 aliphatic carbocycles. The molecule has 1 amide bonds. The third-order valence-electron chi connectivity index (χ3n) is 3.86. The first-order chi connectivity index (χ1) is 12.6. The van der Waals surface area contributed by atoms with E-state index in [-0.39, 0.29) is 41.2 Å². The molecule has 7 heteroatoms. The number of phenolic OH excluding ortho intramolecular Hbond substituents is 1. The van der Waals surface area contributed by atoms with E-state index >= 15 is 0 Å². The van der Waals surface area contributed by atoms with Crippen LogP contribution in [0.5, 0.6) is 5.75 Å². The summed E-state index contributed by atoms with van der Waals surface area (Å²) in [5.41, 5.74) is 2.66. The van der Waals surface area contributed by atoms with Crippen molar-refractivity contribution in [2.24, 2.45) is 4.99 Å². The van der Waals surface area contributed by atoms with Crippen molar-refractivity contribution in [3.63, 3.8) is 0 Å². The number of rotatable bonds is 7. The molecule has 6 nitrogen and oxygen atoms in total. The predicted octanol–water partition coefficient (Wildman–Crippen LogP) is 2.80. The van der Waals surface area contributed by atoms with Gasteiger partial charge in [-0.3, -0.25) is 4.79 Å². The Morgan fingerprint density at radius 3 is 2.37 bits per heavy atom. The highest BCUT2D eigenvalue weighted by atomic mass is 127. The van der Waals surface area contributed by atoms with Gasteiger partial charge in [0.05, 0.1) is 12.1 Å². The van der Waals surface area contributed by atoms with Gasteiger partial charge in [0.25, 0.3) is 5.91 Å². The minimum atomic E-state index is -0.299. The van der Waals surface area contributed by atoms with E-state index in [0.717, 1.165) is 6.54 Å². The number of amides is 1. The Hall–Kier alpha value is -2.29. The molecular formula is C20H27IN4O2. The Morgan fingerprint density at radius 1 is 1.00 bits per heavy atom. The number of nitrogens with zero attached hydrogens (tertiary/aromatic N) is 1. The molecule has 146 valence electrons. The van der Waals surface area contributed by atoms with Crippen LogP contribution in [0, 0.1) is 6.92 Å². The fourth-order valence-corrected chi connectivity index (χ4v) is 2.41. The summed E-state index contributed by atoms with van der Waals surface area (Å²) in [5.74, 6) is 0.380. The molecule has 0 spiro atoms. The first kappa shape index (κ1) is 22.8. The van der Waals surface area contributed by atoms with Gasteiger partial charge in [0.15, 0.2) is 5.96 Å². The molecule has 0 aliphatic heterocycles. The average Bonchev–Trinajstić information content (AvgIpc) is 2.64. The Bertz CT molecular complexity index is 765. The number of benzene rings is 2. The van der Waals surface area contributed by atoms with Gasteiger partial charge in [0.1, 0.15) is 5.75 Å². The quantitative estimate of drug-likeness (QED) is 0.212. The Morgan fingerprint density at radius 2 is 1.67 bits per heavy atom. The number of nitrogens with one attached hydrogen (secondary N) is 3. The zero-order chi connectivity index (χ0) is 18.8. The van der Waals surface area contributed by atoms with Crippen molar-refractivity contribution in [2.75, 3.05) is 19.6 Å². The van der Waals surface area contributed by atoms with Crippen LogP contribution in [-0.4, -0.2) is 36.6 Å². The van der Waals surface area contributed by atoms with Gasteiger partial charge in [-0.25, -0.2) is 4.99 Å². The Labute approximate surface area is 177 Å².